The molecule has 3 aromatic rings. The smallest absolute Gasteiger partial charge is 0.0575 e. The molecule has 0 amide bonds. The molecule has 5 heteroatoms. The number of nitrogens with zero attached hydrogens (tertiary/aromatic N) is 3. The maximum absolute atomic E-state index is 5.51. The van der Waals surface area contributed by atoms with Crippen LogP contribution in [0.4, 0.5) is 5.69 Å². The molecule has 0 saturated heterocycles. The molecule has 1 aliphatic rings. The molecule has 0 N–H and O–H groups in total. The van der Waals surface area contributed by atoms with Gasteiger partial charge in [-0.05, 0) is 47.8 Å². The molecule has 0 fully saturated rings. The first kappa shape index (κ1) is 20.5. The second-order valence-corrected chi connectivity index (χ2v) is 7.93. The summed E-state index contributed by atoms with van der Waals surface area (Å²) in [6.45, 7) is 6.54. The Bertz CT molecular complexity index is 951. The van der Waals surface area contributed by atoms with Crippen molar-refractivity contribution in [2.75, 3.05) is 25.0 Å². The van der Waals surface area contributed by atoms with Gasteiger partial charge in [0.1, 0.15) is 0 Å². The third-order valence-electron chi connectivity index (χ3n) is 5.12. The Kier molecular flexibility index (Phi) is 6.50. The van der Waals surface area contributed by atoms with Gasteiger partial charge in [-0.15, -0.1) is 6.58 Å². The molecule has 0 aliphatic carbocycles. The van der Waals surface area contributed by atoms with Gasteiger partial charge in [0.25, 0.3) is 0 Å². The Balaban J connectivity index is 0.00000225. The number of rotatable bonds is 6. The Hall–Kier alpha value is -2.21. The third-order valence-corrected chi connectivity index (χ3v) is 6.09. The molecular weight excluding hydrogens is 366 g/mol. The highest BCUT2D eigenvalue weighted by atomic mass is 32.2. The summed E-state index contributed by atoms with van der Waals surface area (Å²) in [4.78, 5) is 6.75. The van der Waals surface area contributed by atoms with E-state index >= 15 is 0 Å². The fourth-order valence-electron chi connectivity index (χ4n) is 3.79. The van der Waals surface area contributed by atoms with Crippen molar-refractivity contribution in [1.82, 2.24) is 9.63 Å². The molecule has 4 nitrogen and oxygen atoms in total. The van der Waals surface area contributed by atoms with Crippen LogP contribution in [0.5, 0.6) is 0 Å². The van der Waals surface area contributed by atoms with E-state index in [9.17, 15) is 0 Å². The first-order valence-electron chi connectivity index (χ1n) is 9.22. The average Bonchev–Trinajstić information content (AvgIpc) is 3.01. The van der Waals surface area contributed by atoms with E-state index in [-0.39, 0.29) is 7.43 Å². The highest BCUT2D eigenvalue weighted by Crippen LogP contribution is 2.35. The Morgan fingerprint density at radius 1 is 1.21 bits per heavy atom. The number of hydroxylamine groups is 2. The van der Waals surface area contributed by atoms with Gasteiger partial charge in [0.2, 0.25) is 0 Å². The van der Waals surface area contributed by atoms with Crippen LogP contribution in [0, 0.1) is 0 Å². The molecule has 1 aliphatic heterocycles. The van der Waals surface area contributed by atoms with Gasteiger partial charge in [-0.25, -0.2) is 0 Å². The van der Waals surface area contributed by atoms with Gasteiger partial charge >= 0.3 is 0 Å². The zero-order chi connectivity index (χ0) is 18.8. The molecule has 28 heavy (non-hydrogen) atoms. The molecule has 1 aromatic heterocycles. The minimum atomic E-state index is 0. The topological polar surface area (TPSA) is 20.6 Å². The van der Waals surface area contributed by atoms with E-state index in [1.807, 2.05) is 17.2 Å². The number of hydrogen-bond acceptors (Lipinski definition) is 4. The van der Waals surface area contributed by atoms with Crippen molar-refractivity contribution in [2.45, 2.75) is 31.8 Å². The second-order valence-electron chi connectivity index (χ2n) is 6.72. The highest BCUT2D eigenvalue weighted by molar-refractivity contribution is 8.00. The van der Waals surface area contributed by atoms with Crippen LogP contribution in [0.2, 0.25) is 0 Å². The number of anilines is 1. The van der Waals surface area contributed by atoms with Crippen LogP contribution >= 0.6 is 11.9 Å². The molecule has 0 spiro atoms. The van der Waals surface area contributed by atoms with Crippen molar-refractivity contribution in [3.05, 3.63) is 72.4 Å². The zero-order valence-corrected chi connectivity index (χ0v) is 16.7. The molecular formula is C23H29N3OS. The van der Waals surface area contributed by atoms with Gasteiger partial charge in [-0.3, -0.25) is 0 Å². The number of allylic oxidation sites excluding steroid dienone is 1. The van der Waals surface area contributed by atoms with E-state index in [1.165, 1.54) is 32.7 Å². The maximum atomic E-state index is 5.51. The van der Waals surface area contributed by atoms with Crippen LogP contribution in [0.1, 0.15) is 18.7 Å². The van der Waals surface area contributed by atoms with Crippen LogP contribution in [0.3, 0.4) is 0 Å². The Morgan fingerprint density at radius 3 is 2.71 bits per heavy atom. The van der Waals surface area contributed by atoms with Crippen LogP contribution in [-0.2, 0) is 24.3 Å². The number of aromatic nitrogens is 1. The summed E-state index contributed by atoms with van der Waals surface area (Å²) in [7, 11) is 3.87. The molecule has 148 valence electrons. The summed E-state index contributed by atoms with van der Waals surface area (Å²) >= 11 is 1.74. The van der Waals surface area contributed by atoms with E-state index in [1.54, 1.807) is 19.1 Å². The van der Waals surface area contributed by atoms with Gasteiger partial charge in [-0.1, -0.05) is 31.7 Å². The van der Waals surface area contributed by atoms with Crippen LogP contribution in [-0.4, -0.2) is 30.3 Å². The predicted molar refractivity (Wildman–Crippen MR) is 121 cm³/mol. The summed E-state index contributed by atoms with van der Waals surface area (Å²) in [5, 5.41) is 3.35. The van der Waals surface area contributed by atoms with Crippen molar-refractivity contribution in [3.8, 4) is 0 Å². The van der Waals surface area contributed by atoms with Gasteiger partial charge in [0, 0.05) is 53.7 Å². The van der Waals surface area contributed by atoms with E-state index in [0.717, 1.165) is 26.1 Å². The molecule has 0 saturated carbocycles. The second kappa shape index (κ2) is 8.86. The quantitative estimate of drug-likeness (QED) is 0.404. The van der Waals surface area contributed by atoms with E-state index in [2.05, 4.69) is 65.0 Å². The lowest BCUT2D eigenvalue weighted by Crippen LogP contribution is -2.30. The zero-order valence-electron chi connectivity index (χ0n) is 15.9. The van der Waals surface area contributed by atoms with Crippen molar-refractivity contribution >= 4 is 28.5 Å². The summed E-state index contributed by atoms with van der Waals surface area (Å²) in [6, 6.07) is 17.2. The lowest BCUT2D eigenvalue weighted by atomic mass is 10.1. The van der Waals surface area contributed by atoms with Crippen molar-refractivity contribution < 1.29 is 4.84 Å². The minimum absolute atomic E-state index is 0. The SMILES string of the molecule is C.C=CCn1c2c(c3cc(N(C)Sc4ccccc4)ccc31)CN(OC)CC2. The largest absolute Gasteiger partial charge is 0.340 e. The van der Waals surface area contributed by atoms with Crippen LogP contribution in [0.15, 0.2) is 66.1 Å². The molecule has 4 rings (SSSR count). The van der Waals surface area contributed by atoms with E-state index < -0.39 is 0 Å². The van der Waals surface area contributed by atoms with Crippen LogP contribution < -0.4 is 4.31 Å². The number of benzene rings is 2. The lowest BCUT2D eigenvalue weighted by Gasteiger charge is -2.25. The van der Waals surface area contributed by atoms with Crippen molar-refractivity contribution in [3.63, 3.8) is 0 Å². The molecule has 0 radical (unpaired) electrons. The fourth-order valence-corrected chi connectivity index (χ4v) is 4.61. The normalized spacial score (nSPS) is 13.8. The van der Waals surface area contributed by atoms with Crippen LogP contribution in [0.25, 0.3) is 10.9 Å². The Labute approximate surface area is 172 Å². The highest BCUT2D eigenvalue weighted by Gasteiger charge is 2.24. The number of fused-ring (bicyclic) bond motifs is 3. The van der Waals surface area contributed by atoms with Crippen molar-refractivity contribution in [1.29, 1.82) is 0 Å². The summed E-state index contributed by atoms with van der Waals surface area (Å²) in [5.41, 5.74) is 5.26. The predicted octanol–water partition coefficient (Wildman–Crippen LogP) is 5.53. The fraction of sp³-hybridized carbons (Fsp3) is 0.304. The standard InChI is InChI=1S/C22H25N3OS.CH4/c1-4-13-25-21-11-10-17(23(2)27-18-8-6-5-7-9-18)15-19(21)20-16-24(26-3)14-12-22(20)25;/h4-11,15H,1,12-14,16H2,2-3H3;1H4. The monoisotopic (exact) mass is 395 g/mol. The maximum Gasteiger partial charge on any atom is 0.0575 e. The third kappa shape index (κ3) is 3.83. The van der Waals surface area contributed by atoms with Gasteiger partial charge in [0.05, 0.1) is 13.7 Å². The minimum Gasteiger partial charge on any atom is -0.340 e. The average molecular weight is 396 g/mol. The first-order chi connectivity index (χ1) is 13.2. The van der Waals surface area contributed by atoms with Crippen molar-refractivity contribution in [2.24, 2.45) is 0 Å². The summed E-state index contributed by atoms with van der Waals surface area (Å²) < 4.78 is 4.63. The van der Waals surface area contributed by atoms with E-state index in [0.29, 0.717) is 0 Å². The van der Waals surface area contributed by atoms with Gasteiger partial charge in [-0.2, -0.15) is 5.06 Å². The number of hydrogen-bond donors (Lipinski definition) is 0. The van der Waals surface area contributed by atoms with Gasteiger partial charge < -0.3 is 13.7 Å². The molecule has 0 unspecified atom stereocenters. The molecule has 2 aromatic carbocycles. The summed E-state index contributed by atoms with van der Waals surface area (Å²) in [6.07, 6.45) is 2.98. The molecule has 2 heterocycles. The lowest BCUT2D eigenvalue weighted by molar-refractivity contribution is -0.142. The van der Waals surface area contributed by atoms with E-state index in [4.69, 9.17) is 4.84 Å². The first-order valence-corrected chi connectivity index (χ1v) is 9.99. The summed E-state index contributed by atoms with van der Waals surface area (Å²) in [5.74, 6) is 0. The Morgan fingerprint density at radius 2 is 2.00 bits per heavy atom. The molecule has 0 bridgehead atoms. The molecule has 0 atom stereocenters. The van der Waals surface area contributed by atoms with Gasteiger partial charge in [0.15, 0.2) is 0 Å².